The fourth-order valence-corrected chi connectivity index (χ4v) is 4.14. The topological polar surface area (TPSA) is 104 Å². The zero-order valence-electron chi connectivity index (χ0n) is 19.8. The quantitative estimate of drug-likeness (QED) is 0.446. The molecule has 2 aromatic rings. The molecular formula is C26H27NO7S. The molecule has 1 N–H and O–H groups in total. The summed E-state index contributed by atoms with van der Waals surface area (Å²) in [5.74, 6) is -0.506. The Labute approximate surface area is 208 Å². The minimum atomic E-state index is -0.645. The lowest BCUT2D eigenvalue weighted by Gasteiger charge is -2.12. The minimum Gasteiger partial charge on any atom is -0.506 e. The molecule has 1 heterocycles. The molecule has 0 unspecified atom stereocenters. The van der Waals surface area contributed by atoms with Gasteiger partial charge in [0, 0.05) is 0 Å². The second-order valence-electron chi connectivity index (χ2n) is 7.04. The van der Waals surface area contributed by atoms with Crippen molar-refractivity contribution in [1.82, 2.24) is 0 Å². The second-order valence-corrected chi connectivity index (χ2v) is 8.07. The molecule has 0 saturated carbocycles. The summed E-state index contributed by atoms with van der Waals surface area (Å²) in [4.78, 5) is 29.2. The van der Waals surface area contributed by atoms with Gasteiger partial charge >= 0.3 is 11.9 Å². The molecule has 3 rings (SSSR count). The zero-order chi connectivity index (χ0) is 25.2. The highest BCUT2D eigenvalue weighted by atomic mass is 32.2. The Morgan fingerprint density at radius 2 is 1.69 bits per heavy atom. The summed E-state index contributed by atoms with van der Waals surface area (Å²) < 4.78 is 21.2. The first-order chi connectivity index (χ1) is 17.0. The standard InChI is InChI=1S/C26H27NO7S/c1-4-31-20-14-17(12-13-19(20)34-16-22(28)32-5-2)15-21-24(29)23(26(30)33-6-3)25(35-21)27-18-10-8-7-9-11-18/h7-15,29H,4-6,16H2,1-3H3/b21-15-,27-25?. The Morgan fingerprint density at radius 1 is 0.943 bits per heavy atom. The van der Waals surface area contributed by atoms with Crippen molar-refractivity contribution in [3.8, 4) is 11.5 Å². The van der Waals surface area contributed by atoms with Crippen LogP contribution in [0.25, 0.3) is 6.08 Å². The van der Waals surface area contributed by atoms with Crippen LogP contribution < -0.4 is 9.47 Å². The number of hydrogen-bond acceptors (Lipinski definition) is 9. The van der Waals surface area contributed by atoms with Crippen LogP contribution >= 0.6 is 11.8 Å². The number of aliphatic hydroxyl groups excluding tert-OH is 1. The van der Waals surface area contributed by atoms with Crippen molar-refractivity contribution < 1.29 is 33.6 Å². The van der Waals surface area contributed by atoms with Crippen molar-refractivity contribution in [3.05, 3.63) is 70.3 Å². The molecule has 0 bridgehead atoms. The molecule has 184 valence electrons. The third kappa shape index (κ3) is 6.89. The van der Waals surface area contributed by atoms with Gasteiger partial charge in [-0.25, -0.2) is 14.6 Å². The van der Waals surface area contributed by atoms with Crippen LogP contribution in [-0.4, -0.2) is 48.5 Å². The van der Waals surface area contributed by atoms with Gasteiger partial charge in [-0.2, -0.15) is 0 Å². The smallest absolute Gasteiger partial charge is 0.344 e. The van der Waals surface area contributed by atoms with Crippen LogP contribution in [0, 0.1) is 0 Å². The second kappa shape index (κ2) is 12.7. The lowest BCUT2D eigenvalue weighted by atomic mass is 10.1. The van der Waals surface area contributed by atoms with E-state index in [1.807, 2.05) is 25.1 Å². The SMILES string of the molecule is CCOC(=O)COc1ccc(/C=C2\SC(=Nc3ccccc3)C(C(=O)OCC)=C2O)cc1OCC. The monoisotopic (exact) mass is 497 g/mol. The van der Waals surface area contributed by atoms with Crippen molar-refractivity contribution in [2.24, 2.45) is 4.99 Å². The minimum absolute atomic E-state index is 0.0198. The van der Waals surface area contributed by atoms with Gasteiger partial charge < -0.3 is 24.1 Å². The van der Waals surface area contributed by atoms with Crippen LogP contribution in [0.1, 0.15) is 26.3 Å². The fourth-order valence-electron chi connectivity index (χ4n) is 3.10. The largest absolute Gasteiger partial charge is 0.506 e. The molecule has 0 aliphatic carbocycles. The van der Waals surface area contributed by atoms with E-state index in [-0.39, 0.29) is 31.2 Å². The van der Waals surface area contributed by atoms with E-state index >= 15 is 0 Å². The van der Waals surface area contributed by atoms with Gasteiger partial charge in [0.2, 0.25) is 0 Å². The molecule has 0 radical (unpaired) electrons. The predicted octanol–water partition coefficient (Wildman–Crippen LogP) is 5.22. The Balaban J connectivity index is 1.93. The zero-order valence-corrected chi connectivity index (χ0v) is 20.6. The molecule has 0 spiro atoms. The number of ether oxygens (including phenoxy) is 4. The molecule has 0 atom stereocenters. The first-order valence-electron chi connectivity index (χ1n) is 11.2. The summed E-state index contributed by atoms with van der Waals surface area (Å²) in [5.41, 5.74) is 1.36. The highest BCUT2D eigenvalue weighted by molar-refractivity contribution is 8.18. The first-order valence-corrected chi connectivity index (χ1v) is 12.0. The third-order valence-corrected chi connectivity index (χ3v) is 5.59. The number of aliphatic hydroxyl groups is 1. The highest BCUT2D eigenvalue weighted by Crippen LogP contribution is 2.41. The number of carbonyl (C=O) groups excluding carboxylic acids is 2. The Hall–Kier alpha value is -3.72. The van der Waals surface area contributed by atoms with Crippen LogP contribution in [0.15, 0.2) is 69.8 Å². The molecule has 35 heavy (non-hydrogen) atoms. The number of rotatable bonds is 10. The van der Waals surface area contributed by atoms with Gasteiger partial charge in [0.1, 0.15) is 16.4 Å². The maximum atomic E-state index is 12.6. The maximum absolute atomic E-state index is 12.6. The average molecular weight is 498 g/mol. The van der Waals surface area contributed by atoms with Crippen LogP contribution in [0.2, 0.25) is 0 Å². The van der Waals surface area contributed by atoms with Crippen LogP contribution in [-0.2, 0) is 19.1 Å². The van der Waals surface area contributed by atoms with Gasteiger partial charge in [0.25, 0.3) is 0 Å². The lowest BCUT2D eigenvalue weighted by Crippen LogP contribution is -2.15. The number of aliphatic imine (C=N–C) groups is 1. The Kier molecular flexibility index (Phi) is 9.37. The van der Waals surface area contributed by atoms with Gasteiger partial charge in [0.05, 0.1) is 30.4 Å². The van der Waals surface area contributed by atoms with Crippen molar-refractivity contribution in [2.45, 2.75) is 20.8 Å². The highest BCUT2D eigenvalue weighted by Gasteiger charge is 2.33. The molecule has 0 fully saturated rings. The summed E-state index contributed by atoms with van der Waals surface area (Å²) >= 11 is 1.17. The van der Waals surface area contributed by atoms with E-state index in [4.69, 9.17) is 18.9 Å². The number of nitrogens with zero attached hydrogens (tertiary/aromatic N) is 1. The predicted molar refractivity (Wildman–Crippen MR) is 135 cm³/mol. The van der Waals surface area contributed by atoms with E-state index in [1.54, 1.807) is 50.3 Å². The van der Waals surface area contributed by atoms with Crippen LogP contribution in [0.4, 0.5) is 5.69 Å². The van der Waals surface area contributed by atoms with E-state index in [9.17, 15) is 14.7 Å². The molecule has 0 aromatic heterocycles. The summed E-state index contributed by atoms with van der Waals surface area (Å²) in [6.07, 6.45) is 1.71. The average Bonchev–Trinajstić information content (AvgIpc) is 3.14. The summed E-state index contributed by atoms with van der Waals surface area (Å²) in [5, 5.41) is 11.2. The Morgan fingerprint density at radius 3 is 2.37 bits per heavy atom. The van der Waals surface area contributed by atoms with E-state index in [0.29, 0.717) is 39.3 Å². The molecule has 2 aromatic carbocycles. The van der Waals surface area contributed by atoms with Crippen LogP contribution in [0.5, 0.6) is 11.5 Å². The summed E-state index contributed by atoms with van der Waals surface area (Å²) in [6.45, 7) is 5.84. The molecule has 9 heteroatoms. The summed E-state index contributed by atoms with van der Waals surface area (Å²) in [6, 6.07) is 14.3. The van der Waals surface area contributed by atoms with E-state index in [1.165, 1.54) is 11.8 Å². The number of esters is 2. The van der Waals surface area contributed by atoms with Gasteiger partial charge in [-0.3, -0.25) is 0 Å². The van der Waals surface area contributed by atoms with E-state index in [0.717, 1.165) is 0 Å². The number of thioether (sulfide) groups is 1. The normalized spacial score (nSPS) is 15.4. The van der Waals surface area contributed by atoms with Crippen molar-refractivity contribution >= 4 is 40.5 Å². The van der Waals surface area contributed by atoms with Crippen molar-refractivity contribution in [3.63, 3.8) is 0 Å². The number of carbonyl (C=O) groups is 2. The molecule has 0 saturated heterocycles. The van der Waals surface area contributed by atoms with Gasteiger partial charge in [-0.15, -0.1) is 0 Å². The number of hydrogen-bond donors (Lipinski definition) is 1. The first kappa shape index (κ1) is 25.9. The van der Waals surface area contributed by atoms with Gasteiger partial charge in [-0.1, -0.05) is 36.0 Å². The maximum Gasteiger partial charge on any atom is 0.344 e. The molecule has 1 aliphatic rings. The Bertz CT molecular complexity index is 1160. The number of benzene rings is 2. The van der Waals surface area contributed by atoms with Crippen molar-refractivity contribution in [2.75, 3.05) is 26.4 Å². The molecule has 1 aliphatic heterocycles. The number of para-hydroxylation sites is 1. The molecule has 0 amide bonds. The van der Waals surface area contributed by atoms with Crippen molar-refractivity contribution in [1.29, 1.82) is 0 Å². The summed E-state index contributed by atoms with van der Waals surface area (Å²) in [7, 11) is 0. The van der Waals surface area contributed by atoms with Crippen LogP contribution in [0.3, 0.4) is 0 Å². The molecule has 8 nitrogen and oxygen atoms in total. The lowest BCUT2D eigenvalue weighted by molar-refractivity contribution is -0.145. The van der Waals surface area contributed by atoms with Gasteiger partial charge in [-0.05, 0) is 56.7 Å². The fraction of sp³-hybridized carbons (Fsp3) is 0.269. The van der Waals surface area contributed by atoms with Gasteiger partial charge in [0.15, 0.2) is 18.1 Å². The molecular weight excluding hydrogens is 470 g/mol. The van der Waals surface area contributed by atoms with E-state index in [2.05, 4.69) is 4.99 Å². The van der Waals surface area contributed by atoms with E-state index < -0.39 is 11.9 Å². The third-order valence-electron chi connectivity index (χ3n) is 4.57.